The van der Waals surface area contributed by atoms with Crippen LogP contribution in [0, 0.1) is 6.92 Å². The summed E-state index contributed by atoms with van der Waals surface area (Å²) in [4.78, 5) is 8.25. The fourth-order valence-corrected chi connectivity index (χ4v) is 1.12. The summed E-state index contributed by atoms with van der Waals surface area (Å²) in [7, 11) is 0. The van der Waals surface area contributed by atoms with Crippen molar-refractivity contribution in [1.82, 2.24) is 9.97 Å². The van der Waals surface area contributed by atoms with Crippen molar-refractivity contribution < 1.29 is 4.74 Å². The largest absolute Gasteiger partial charge is 0.379 e. The Labute approximate surface area is 84.5 Å². The molecule has 1 heterocycles. The van der Waals surface area contributed by atoms with Crippen molar-refractivity contribution in [2.75, 3.05) is 13.2 Å². The van der Waals surface area contributed by atoms with Gasteiger partial charge in [-0.2, -0.15) is 0 Å². The van der Waals surface area contributed by atoms with Crippen LogP contribution in [0.15, 0.2) is 12.3 Å². The van der Waals surface area contributed by atoms with Gasteiger partial charge in [-0.3, -0.25) is 0 Å². The first-order chi connectivity index (χ1) is 6.74. The maximum atomic E-state index is 5.89. The lowest BCUT2D eigenvalue weighted by atomic mass is 10.2. The van der Waals surface area contributed by atoms with Crippen molar-refractivity contribution in [3.8, 4) is 0 Å². The molecule has 0 radical (unpaired) electrons. The van der Waals surface area contributed by atoms with Crippen molar-refractivity contribution in [3.63, 3.8) is 0 Å². The molecular weight excluding hydrogens is 178 g/mol. The zero-order chi connectivity index (χ0) is 10.4. The number of hydrogen-bond acceptors (Lipinski definition) is 4. The van der Waals surface area contributed by atoms with Crippen molar-refractivity contribution in [2.24, 2.45) is 5.73 Å². The smallest absolute Gasteiger partial charge is 0.125 e. The van der Waals surface area contributed by atoms with E-state index in [1.165, 1.54) is 0 Å². The number of nitrogens with two attached hydrogens (primary N) is 1. The highest BCUT2D eigenvalue weighted by molar-refractivity contribution is 5.06. The summed E-state index contributed by atoms with van der Waals surface area (Å²) in [5.74, 6) is 0.744. The molecule has 0 spiro atoms. The van der Waals surface area contributed by atoms with Gasteiger partial charge in [0.25, 0.3) is 0 Å². The Bertz CT molecular complexity index is 278. The van der Waals surface area contributed by atoms with Crippen LogP contribution in [0.3, 0.4) is 0 Å². The summed E-state index contributed by atoms with van der Waals surface area (Å²) in [6, 6.07) is 1.68. The van der Waals surface area contributed by atoms with Gasteiger partial charge in [0.05, 0.1) is 18.3 Å². The molecule has 0 amide bonds. The average molecular weight is 195 g/mol. The highest BCUT2D eigenvalue weighted by atomic mass is 16.5. The number of nitrogens with zero attached hydrogens (tertiary/aromatic N) is 2. The van der Waals surface area contributed by atoms with Crippen molar-refractivity contribution in [1.29, 1.82) is 0 Å². The maximum Gasteiger partial charge on any atom is 0.125 e. The summed E-state index contributed by atoms with van der Waals surface area (Å²) < 4.78 is 5.35. The fraction of sp³-hybridized carbons (Fsp3) is 0.600. The number of aryl methyl sites for hydroxylation is 1. The summed E-state index contributed by atoms with van der Waals surface area (Å²) in [6.07, 6.45) is 2.73. The Morgan fingerprint density at radius 1 is 1.57 bits per heavy atom. The quantitative estimate of drug-likeness (QED) is 0.717. The van der Waals surface area contributed by atoms with E-state index in [1.807, 2.05) is 13.0 Å². The predicted octanol–water partition coefficient (Wildman–Crippen LogP) is 1.21. The number of aromatic nitrogens is 2. The van der Waals surface area contributed by atoms with Crippen molar-refractivity contribution in [3.05, 3.63) is 23.8 Å². The van der Waals surface area contributed by atoms with Gasteiger partial charge in [0.15, 0.2) is 0 Å². The Kier molecular flexibility index (Phi) is 4.49. The van der Waals surface area contributed by atoms with Gasteiger partial charge in [0.1, 0.15) is 5.82 Å². The molecule has 1 aromatic rings. The molecule has 0 aliphatic carbocycles. The third-order valence-electron chi connectivity index (χ3n) is 1.82. The van der Waals surface area contributed by atoms with Crippen LogP contribution in [0.5, 0.6) is 0 Å². The maximum absolute atomic E-state index is 5.89. The Morgan fingerprint density at radius 3 is 3.00 bits per heavy atom. The van der Waals surface area contributed by atoms with E-state index in [0.717, 1.165) is 24.5 Å². The predicted molar refractivity (Wildman–Crippen MR) is 54.8 cm³/mol. The van der Waals surface area contributed by atoms with E-state index in [2.05, 4.69) is 16.9 Å². The highest BCUT2D eigenvalue weighted by Crippen LogP contribution is 2.06. The van der Waals surface area contributed by atoms with E-state index in [4.69, 9.17) is 10.5 Å². The zero-order valence-electron chi connectivity index (χ0n) is 8.73. The first-order valence-corrected chi connectivity index (χ1v) is 4.87. The van der Waals surface area contributed by atoms with Gasteiger partial charge in [-0.25, -0.2) is 9.97 Å². The molecule has 0 aliphatic heterocycles. The third kappa shape index (κ3) is 3.40. The minimum Gasteiger partial charge on any atom is -0.379 e. The fourth-order valence-electron chi connectivity index (χ4n) is 1.12. The Balaban J connectivity index is 2.47. The molecule has 1 aromatic heterocycles. The third-order valence-corrected chi connectivity index (χ3v) is 1.82. The number of hydrogen-bond donors (Lipinski definition) is 1. The molecule has 1 atom stereocenters. The molecule has 78 valence electrons. The van der Waals surface area contributed by atoms with E-state index in [0.29, 0.717) is 6.61 Å². The minimum absolute atomic E-state index is 0.150. The van der Waals surface area contributed by atoms with E-state index >= 15 is 0 Å². The van der Waals surface area contributed by atoms with Gasteiger partial charge >= 0.3 is 0 Å². The van der Waals surface area contributed by atoms with Crippen LogP contribution < -0.4 is 5.73 Å². The molecule has 4 heteroatoms. The van der Waals surface area contributed by atoms with Crippen LogP contribution >= 0.6 is 0 Å². The van der Waals surface area contributed by atoms with Gasteiger partial charge in [0.2, 0.25) is 0 Å². The Morgan fingerprint density at radius 2 is 2.36 bits per heavy atom. The lowest BCUT2D eigenvalue weighted by Crippen LogP contribution is -2.19. The standard InChI is InChI=1S/C10H17N3O/c1-3-6-14-7-9(11)10-4-5-12-8(2)13-10/h4-5,9H,3,6-7,11H2,1-2H3. The number of rotatable bonds is 5. The van der Waals surface area contributed by atoms with E-state index in [9.17, 15) is 0 Å². The van der Waals surface area contributed by atoms with E-state index in [1.54, 1.807) is 6.20 Å². The molecule has 1 unspecified atom stereocenters. The first-order valence-electron chi connectivity index (χ1n) is 4.87. The van der Waals surface area contributed by atoms with Gasteiger partial charge in [0, 0.05) is 12.8 Å². The molecule has 0 fully saturated rings. The van der Waals surface area contributed by atoms with Crippen LogP contribution in [0.4, 0.5) is 0 Å². The summed E-state index contributed by atoms with van der Waals surface area (Å²) in [5, 5.41) is 0. The van der Waals surface area contributed by atoms with E-state index in [-0.39, 0.29) is 6.04 Å². The van der Waals surface area contributed by atoms with Gasteiger partial charge in [-0.1, -0.05) is 6.92 Å². The SMILES string of the molecule is CCCOCC(N)c1ccnc(C)n1. The molecule has 0 bridgehead atoms. The average Bonchev–Trinajstić information content (AvgIpc) is 2.18. The molecule has 1 rings (SSSR count). The molecule has 0 aromatic carbocycles. The Hall–Kier alpha value is -1.00. The van der Waals surface area contributed by atoms with Crippen LogP contribution in [0.1, 0.15) is 30.9 Å². The molecule has 4 nitrogen and oxygen atoms in total. The molecule has 2 N–H and O–H groups in total. The molecule has 0 saturated heterocycles. The normalized spacial score (nSPS) is 12.8. The molecule has 14 heavy (non-hydrogen) atoms. The lowest BCUT2D eigenvalue weighted by Gasteiger charge is -2.11. The van der Waals surface area contributed by atoms with Gasteiger partial charge in [-0.05, 0) is 19.4 Å². The second kappa shape index (κ2) is 5.67. The second-order valence-corrected chi connectivity index (χ2v) is 3.21. The monoisotopic (exact) mass is 195 g/mol. The van der Waals surface area contributed by atoms with Crippen molar-refractivity contribution in [2.45, 2.75) is 26.3 Å². The molecular formula is C10H17N3O. The van der Waals surface area contributed by atoms with Crippen LogP contribution in [-0.4, -0.2) is 23.2 Å². The lowest BCUT2D eigenvalue weighted by molar-refractivity contribution is 0.120. The highest BCUT2D eigenvalue weighted by Gasteiger charge is 2.07. The second-order valence-electron chi connectivity index (χ2n) is 3.21. The van der Waals surface area contributed by atoms with Gasteiger partial charge in [-0.15, -0.1) is 0 Å². The zero-order valence-corrected chi connectivity index (χ0v) is 8.73. The summed E-state index contributed by atoms with van der Waals surface area (Å²) in [5.41, 5.74) is 6.73. The van der Waals surface area contributed by atoms with Crippen LogP contribution in [-0.2, 0) is 4.74 Å². The van der Waals surface area contributed by atoms with E-state index < -0.39 is 0 Å². The summed E-state index contributed by atoms with van der Waals surface area (Å²) >= 11 is 0. The van der Waals surface area contributed by atoms with Crippen LogP contribution in [0.25, 0.3) is 0 Å². The topological polar surface area (TPSA) is 61.0 Å². The first kappa shape index (κ1) is 11.1. The molecule has 0 saturated carbocycles. The summed E-state index contributed by atoms with van der Waals surface area (Å²) in [6.45, 7) is 5.19. The minimum atomic E-state index is -0.150. The van der Waals surface area contributed by atoms with Gasteiger partial charge < -0.3 is 10.5 Å². The molecule has 0 aliphatic rings. The van der Waals surface area contributed by atoms with Crippen molar-refractivity contribution >= 4 is 0 Å². The number of ether oxygens (including phenoxy) is 1. The van der Waals surface area contributed by atoms with Crippen LogP contribution in [0.2, 0.25) is 0 Å².